The number of benzene rings is 1. The SMILES string of the molecule is NC(=S)c1cc(Oc2cccc(C(F)(F)F)c2)ccn1. The summed E-state index contributed by atoms with van der Waals surface area (Å²) in [7, 11) is 0. The summed E-state index contributed by atoms with van der Waals surface area (Å²) in [5, 5.41) is 0. The number of ether oxygens (including phenoxy) is 1. The maximum Gasteiger partial charge on any atom is 0.416 e. The van der Waals surface area contributed by atoms with Gasteiger partial charge in [-0.3, -0.25) is 4.98 Å². The van der Waals surface area contributed by atoms with Crippen molar-refractivity contribution in [3.63, 3.8) is 0 Å². The van der Waals surface area contributed by atoms with E-state index >= 15 is 0 Å². The van der Waals surface area contributed by atoms with Crippen LogP contribution < -0.4 is 10.5 Å². The quantitative estimate of drug-likeness (QED) is 0.881. The minimum Gasteiger partial charge on any atom is -0.457 e. The number of thiocarbonyl (C=S) groups is 1. The Labute approximate surface area is 118 Å². The molecule has 0 aliphatic rings. The van der Waals surface area contributed by atoms with Crippen LogP contribution in [0.25, 0.3) is 0 Å². The maximum atomic E-state index is 12.6. The largest absolute Gasteiger partial charge is 0.457 e. The minimum atomic E-state index is -4.42. The molecule has 2 N–H and O–H groups in total. The summed E-state index contributed by atoms with van der Waals surface area (Å²) >= 11 is 4.77. The number of alkyl halides is 3. The molecule has 1 aromatic heterocycles. The van der Waals surface area contributed by atoms with E-state index in [0.717, 1.165) is 12.1 Å². The first-order chi connectivity index (χ1) is 9.36. The lowest BCUT2D eigenvalue weighted by atomic mass is 10.2. The molecule has 2 aromatic rings. The van der Waals surface area contributed by atoms with Gasteiger partial charge < -0.3 is 10.5 Å². The minimum absolute atomic E-state index is 0.0694. The van der Waals surface area contributed by atoms with E-state index < -0.39 is 11.7 Å². The van der Waals surface area contributed by atoms with E-state index in [1.54, 1.807) is 0 Å². The molecule has 0 saturated heterocycles. The van der Waals surface area contributed by atoms with Crippen LogP contribution in [0.5, 0.6) is 11.5 Å². The standard InChI is InChI=1S/C13H9F3N2OS/c14-13(15,16)8-2-1-3-9(6-8)19-10-4-5-18-11(7-10)12(17)20/h1-7H,(H2,17,20). The van der Waals surface area contributed by atoms with Crippen molar-refractivity contribution in [2.75, 3.05) is 0 Å². The van der Waals surface area contributed by atoms with Crippen molar-refractivity contribution < 1.29 is 17.9 Å². The van der Waals surface area contributed by atoms with Crippen LogP contribution in [0.2, 0.25) is 0 Å². The van der Waals surface area contributed by atoms with Crippen LogP contribution in [0.3, 0.4) is 0 Å². The molecule has 0 unspecified atom stereocenters. The number of hydrogen-bond donors (Lipinski definition) is 1. The Kier molecular flexibility index (Phi) is 3.89. The fourth-order valence-electron chi connectivity index (χ4n) is 1.48. The van der Waals surface area contributed by atoms with Crippen LogP contribution >= 0.6 is 12.2 Å². The van der Waals surface area contributed by atoms with E-state index in [2.05, 4.69) is 4.98 Å². The molecule has 1 aromatic carbocycles. The van der Waals surface area contributed by atoms with Crippen molar-refractivity contribution in [1.29, 1.82) is 0 Å². The Morgan fingerprint density at radius 1 is 1.15 bits per heavy atom. The molecule has 3 nitrogen and oxygen atoms in total. The van der Waals surface area contributed by atoms with Gasteiger partial charge in [0, 0.05) is 12.3 Å². The van der Waals surface area contributed by atoms with E-state index in [1.807, 2.05) is 0 Å². The fourth-order valence-corrected chi connectivity index (χ4v) is 1.59. The predicted molar refractivity (Wildman–Crippen MR) is 71.6 cm³/mol. The Morgan fingerprint density at radius 2 is 1.85 bits per heavy atom. The molecule has 104 valence electrons. The normalized spacial score (nSPS) is 11.2. The molecule has 0 atom stereocenters. The molecular weight excluding hydrogens is 289 g/mol. The average Bonchev–Trinajstić information content (AvgIpc) is 2.38. The van der Waals surface area contributed by atoms with Crippen molar-refractivity contribution >= 4 is 17.2 Å². The van der Waals surface area contributed by atoms with Crippen molar-refractivity contribution in [2.45, 2.75) is 6.18 Å². The molecule has 1 heterocycles. The molecular formula is C13H9F3N2OS. The van der Waals surface area contributed by atoms with Gasteiger partial charge in [0.05, 0.1) is 5.56 Å². The van der Waals surface area contributed by atoms with Crippen LogP contribution in [0, 0.1) is 0 Å². The summed E-state index contributed by atoms with van der Waals surface area (Å²) in [4.78, 5) is 3.99. The van der Waals surface area contributed by atoms with Gasteiger partial charge in [0.15, 0.2) is 0 Å². The number of halogens is 3. The molecule has 0 fully saturated rings. The Morgan fingerprint density at radius 3 is 2.50 bits per heavy atom. The highest BCUT2D eigenvalue weighted by molar-refractivity contribution is 7.80. The van der Waals surface area contributed by atoms with Gasteiger partial charge in [-0.05, 0) is 24.3 Å². The van der Waals surface area contributed by atoms with E-state index in [4.69, 9.17) is 22.7 Å². The third-order valence-electron chi connectivity index (χ3n) is 2.38. The summed E-state index contributed by atoms with van der Waals surface area (Å²) in [5.74, 6) is 0.377. The average molecular weight is 298 g/mol. The smallest absolute Gasteiger partial charge is 0.416 e. The lowest BCUT2D eigenvalue weighted by Gasteiger charge is -2.10. The van der Waals surface area contributed by atoms with Crippen LogP contribution in [0.4, 0.5) is 13.2 Å². The molecule has 20 heavy (non-hydrogen) atoms. The molecule has 7 heteroatoms. The molecule has 0 saturated carbocycles. The molecule has 0 aliphatic carbocycles. The van der Waals surface area contributed by atoms with Gasteiger partial charge in [-0.1, -0.05) is 18.3 Å². The zero-order valence-corrected chi connectivity index (χ0v) is 10.8. The monoisotopic (exact) mass is 298 g/mol. The summed E-state index contributed by atoms with van der Waals surface area (Å²) < 4.78 is 43.1. The zero-order valence-electron chi connectivity index (χ0n) is 10.0. The summed E-state index contributed by atoms with van der Waals surface area (Å²) in [5.41, 5.74) is 4.98. The van der Waals surface area contributed by atoms with Crippen molar-refractivity contribution in [2.24, 2.45) is 5.73 Å². The van der Waals surface area contributed by atoms with Crippen LogP contribution in [-0.2, 0) is 6.18 Å². The lowest BCUT2D eigenvalue weighted by molar-refractivity contribution is -0.137. The summed E-state index contributed by atoms with van der Waals surface area (Å²) in [6.07, 6.45) is -3.00. The van der Waals surface area contributed by atoms with E-state index in [9.17, 15) is 13.2 Å². The van der Waals surface area contributed by atoms with E-state index in [0.29, 0.717) is 11.4 Å². The van der Waals surface area contributed by atoms with Crippen molar-refractivity contribution in [3.05, 3.63) is 53.9 Å². The molecule has 0 bridgehead atoms. The van der Waals surface area contributed by atoms with Gasteiger partial charge in [-0.25, -0.2) is 0 Å². The van der Waals surface area contributed by atoms with Gasteiger partial charge in [0.1, 0.15) is 22.2 Å². The predicted octanol–water partition coefficient (Wildman–Crippen LogP) is 3.53. The first-order valence-electron chi connectivity index (χ1n) is 5.47. The fraction of sp³-hybridized carbons (Fsp3) is 0.0769. The molecule has 0 radical (unpaired) electrons. The van der Waals surface area contributed by atoms with Gasteiger partial charge >= 0.3 is 6.18 Å². The van der Waals surface area contributed by atoms with Crippen molar-refractivity contribution in [3.8, 4) is 11.5 Å². The Bertz CT molecular complexity index is 644. The Hall–Kier alpha value is -2.15. The number of pyridine rings is 1. The van der Waals surface area contributed by atoms with Gasteiger partial charge in [-0.15, -0.1) is 0 Å². The second kappa shape index (κ2) is 5.46. The maximum absolute atomic E-state index is 12.6. The highest BCUT2D eigenvalue weighted by Gasteiger charge is 2.30. The second-order valence-corrected chi connectivity index (χ2v) is 4.31. The highest BCUT2D eigenvalue weighted by atomic mass is 32.1. The second-order valence-electron chi connectivity index (χ2n) is 3.87. The summed E-state index contributed by atoms with van der Waals surface area (Å²) in [6.45, 7) is 0. The first kappa shape index (κ1) is 14.3. The topological polar surface area (TPSA) is 48.1 Å². The first-order valence-corrected chi connectivity index (χ1v) is 5.88. The van der Waals surface area contributed by atoms with Crippen LogP contribution in [0.15, 0.2) is 42.6 Å². The third-order valence-corrected chi connectivity index (χ3v) is 2.59. The van der Waals surface area contributed by atoms with Crippen LogP contribution in [0.1, 0.15) is 11.3 Å². The molecule has 0 aliphatic heterocycles. The molecule has 2 rings (SSSR count). The van der Waals surface area contributed by atoms with Gasteiger partial charge in [0.25, 0.3) is 0 Å². The molecule has 0 spiro atoms. The Balaban J connectivity index is 2.26. The van der Waals surface area contributed by atoms with Crippen LogP contribution in [-0.4, -0.2) is 9.97 Å². The number of nitrogens with two attached hydrogens (primary N) is 1. The lowest BCUT2D eigenvalue weighted by Crippen LogP contribution is -2.11. The van der Waals surface area contributed by atoms with Crippen molar-refractivity contribution in [1.82, 2.24) is 4.98 Å². The highest BCUT2D eigenvalue weighted by Crippen LogP contribution is 2.32. The third kappa shape index (κ3) is 3.45. The zero-order chi connectivity index (χ0) is 14.8. The number of nitrogens with zero attached hydrogens (tertiary/aromatic N) is 1. The van der Waals surface area contributed by atoms with Gasteiger partial charge in [0.2, 0.25) is 0 Å². The van der Waals surface area contributed by atoms with E-state index in [1.165, 1.54) is 30.5 Å². The molecule has 0 amide bonds. The van der Waals surface area contributed by atoms with E-state index in [-0.39, 0.29) is 10.7 Å². The number of aromatic nitrogens is 1. The number of hydrogen-bond acceptors (Lipinski definition) is 3. The van der Waals surface area contributed by atoms with Gasteiger partial charge in [-0.2, -0.15) is 13.2 Å². The summed E-state index contributed by atoms with van der Waals surface area (Å²) in [6, 6.07) is 7.55. The number of rotatable bonds is 3.